The molecular weight excluding hydrogens is 518 g/mol. The summed E-state index contributed by atoms with van der Waals surface area (Å²) in [7, 11) is 1.27. The first-order valence-electron chi connectivity index (χ1n) is 12.7. The molecule has 2 aromatic heterocycles. The van der Waals surface area contributed by atoms with Gasteiger partial charge in [-0.3, -0.25) is 14.5 Å². The summed E-state index contributed by atoms with van der Waals surface area (Å²) in [6, 6.07) is 9.60. The smallest absolute Gasteiger partial charge is 0.290 e. The Kier molecular flexibility index (Phi) is 9.70. The fourth-order valence-corrected chi connectivity index (χ4v) is 4.87. The zero-order valence-electron chi connectivity index (χ0n) is 23.6. The Morgan fingerprint density at radius 1 is 1.08 bits per heavy atom. The third kappa shape index (κ3) is 7.36. The lowest BCUT2D eigenvalue weighted by Crippen LogP contribution is -2.37. The number of carbonyl (C=O) groups is 2. The lowest BCUT2D eigenvalue weighted by molar-refractivity contribution is -0.118. The van der Waals surface area contributed by atoms with Crippen LogP contribution >= 0.6 is 0 Å². The zero-order valence-corrected chi connectivity index (χ0v) is 24.6. The first-order chi connectivity index (χ1) is 18.5. The van der Waals surface area contributed by atoms with Gasteiger partial charge in [-0.05, 0) is 24.6 Å². The second-order valence-electron chi connectivity index (χ2n) is 9.88. The molecule has 0 saturated heterocycles. The Morgan fingerprint density at radius 2 is 1.74 bits per heavy atom. The van der Waals surface area contributed by atoms with Crippen molar-refractivity contribution in [3.8, 4) is 23.5 Å². The lowest BCUT2D eigenvalue weighted by atomic mass is 10.2. The molecule has 2 amide bonds. The van der Waals surface area contributed by atoms with Gasteiger partial charge in [0.15, 0.2) is 5.69 Å². The van der Waals surface area contributed by atoms with Crippen molar-refractivity contribution in [3.05, 3.63) is 41.7 Å². The van der Waals surface area contributed by atoms with E-state index in [1.807, 2.05) is 13.0 Å². The number of furan rings is 1. The number of aromatic nitrogens is 2. The predicted octanol–water partition coefficient (Wildman–Crippen LogP) is 3.62. The number of methoxy groups -OCH3 is 2. The Bertz CT molecular complexity index is 1300. The Balaban J connectivity index is 1.77. The number of carbonyl (C=O) groups excluding carboxylic acids is 2. The molecule has 3 N–H and O–H groups in total. The van der Waals surface area contributed by atoms with E-state index in [1.54, 1.807) is 19.1 Å². The summed E-state index contributed by atoms with van der Waals surface area (Å²) in [5.74, 6) is 0.938. The highest BCUT2D eigenvalue weighted by Crippen LogP contribution is 2.34. The van der Waals surface area contributed by atoms with E-state index in [0.717, 1.165) is 11.3 Å². The molecule has 39 heavy (non-hydrogen) atoms. The van der Waals surface area contributed by atoms with Gasteiger partial charge in [-0.1, -0.05) is 43.9 Å². The molecule has 0 radical (unpaired) electrons. The minimum Gasteiger partial charge on any atom is -0.479 e. The van der Waals surface area contributed by atoms with Gasteiger partial charge in [-0.15, -0.1) is 0 Å². The monoisotopic (exact) mass is 555 g/mol. The van der Waals surface area contributed by atoms with Gasteiger partial charge in [0, 0.05) is 25.6 Å². The SMILES string of the molecule is CCC(=O)N(CCN)c1nc(OC)c(NC(=O)Cc2ccc(Oc3cc([Si](C)(C)C)ccc3C)o2)c(OC)n1. The standard InChI is InChI=1S/C27H37N5O6Si/c1-8-22(34)32(14-13-28)27-30-25(35-3)24(26(31-27)36-4)29-21(33)15-18-10-12-23(37-18)38-20-16-19(39(5,6)7)11-9-17(20)2/h9-12,16H,8,13-15,28H2,1-7H3,(H,29,33). The van der Waals surface area contributed by atoms with Crippen LogP contribution in [0.3, 0.4) is 0 Å². The van der Waals surface area contributed by atoms with E-state index >= 15 is 0 Å². The highest BCUT2D eigenvalue weighted by atomic mass is 28.3. The van der Waals surface area contributed by atoms with Gasteiger partial charge in [0.25, 0.3) is 5.95 Å². The van der Waals surface area contributed by atoms with Crippen molar-refractivity contribution >= 4 is 36.7 Å². The number of anilines is 2. The minimum absolute atomic E-state index is 0.0392. The molecular formula is C27H37N5O6Si. The number of aryl methyl sites for hydroxylation is 1. The van der Waals surface area contributed by atoms with Crippen LogP contribution in [0.1, 0.15) is 24.7 Å². The maximum atomic E-state index is 12.9. The molecule has 2 heterocycles. The van der Waals surface area contributed by atoms with Crippen molar-refractivity contribution in [1.29, 1.82) is 0 Å². The van der Waals surface area contributed by atoms with Gasteiger partial charge < -0.3 is 29.7 Å². The highest BCUT2D eigenvalue weighted by Gasteiger charge is 2.24. The topological polar surface area (TPSA) is 142 Å². The van der Waals surface area contributed by atoms with E-state index in [4.69, 9.17) is 24.4 Å². The van der Waals surface area contributed by atoms with Crippen LogP contribution in [-0.2, 0) is 16.0 Å². The van der Waals surface area contributed by atoms with Crippen molar-refractivity contribution in [2.24, 2.45) is 5.73 Å². The van der Waals surface area contributed by atoms with Gasteiger partial charge in [0.1, 0.15) is 11.5 Å². The lowest BCUT2D eigenvalue weighted by Gasteiger charge is -2.21. The van der Waals surface area contributed by atoms with Crippen molar-refractivity contribution in [2.75, 3.05) is 37.5 Å². The molecule has 11 nitrogen and oxygen atoms in total. The Hall–Kier alpha value is -3.90. The summed E-state index contributed by atoms with van der Waals surface area (Å²) in [6.07, 6.45) is 0.156. The summed E-state index contributed by atoms with van der Waals surface area (Å²) in [6.45, 7) is 11.0. The second-order valence-corrected chi connectivity index (χ2v) is 15.0. The third-order valence-electron chi connectivity index (χ3n) is 5.92. The molecule has 0 spiro atoms. The first-order valence-corrected chi connectivity index (χ1v) is 16.2. The largest absolute Gasteiger partial charge is 0.479 e. The molecule has 3 rings (SSSR count). The van der Waals surface area contributed by atoms with Crippen molar-refractivity contribution in [1.82, 2.24) is 9.97 Å². The first kappa shape index (κ1) is 29.6. The molecule has 1 aromatic carbocycles. The van der Waals surface area contributed by atoms with Gasteiger partial charge in [-0.2, -0.15) is 9.97 Å². The van der Waals surface area contributed by atoms with Crippen LogP contribution in [0.15, 0.2) is 34.7 Å². The summed E-state index contributed by atoms with van der Waals surface area (Å²) in [5.41, 5.74) is 6.78. The fraction of sp³-hybridized carbons (Fsp3) is 0.407. The molecule has 0 saturated carbocycles. The van der Waals surface area contributed by atoms with E-state index in [9.17, 15) is 9.59 Å². The van der Waals surface area contributed by atoms with Crippen molar-refractivity contribution in [3.63, 3.8) is 0 Å². The number of rotatable bonds is 12. The zero-order chi connectivity index (χ0) is 28.7. The molecule has 0 aliphatic rings. The quantitative estimate of drug-likeness (QED) is 0.320. The summed E-state index contributed by atoms with van der Waals surface area (Å²) in [4.78, 5) is 35.3. The average Bonchev–Trinajstić information content (AvgIpc) is 3.33. The number of ether oxygens (including phenoxy) is 3. The number of hydrogen-bond donors (Lipinski definition) is 2. The maximum Gasteiger partial charge on any atom is 0.290 e. The minimum atomic E-state index is -1.52. The summed E-state index contributed by atoms with van der Waals surface area (Å²) in [5, 5.41) is 4.00. The third-order valence-corrected chi connectivity index (χ3v) is 7.96. The van der Waals surface area contributed by atoms with Crippen LogP contribution in [-0.4, -0.2) is 57.2 Å². The number of nitrogens with one attached hydrogen (secondary N) is 1. The van der Waals surface area contributed by atoms with Gasteiger partial charge >= 0.3 is 0 Å². The van der Waals surface area contributed by atoms with Crippen LogP contribution in [0.5, 0.6) is 23.5 Å². The van der Waals surface area contributed by atoms with E-state index < -0.39 is 14.0 Å². The molecule has 0 aliphatic carbocycles. The summed E-state index contributed by atoms with van der Waals surface area (Å²) < 4.78 is 22.6. The van der Waals surface area contributed by atoms with Crippen LogP contribution in [0.4, 0.5) is 11.6 Å². The van der Waals surface area contributed by atoms with Crippen molar-refractivity contribution in [2.45, 2.75) is 46.3 Å². The van der Waals surface area contributed by atoms with Gasteiger partial charge in [0.2, 0.25) is 29.5 Å². The maximum absolute atomic E-state index is 12.9. The van der Waals surface area contributed by atoms with Gasteiger partial charge in [0.05, 0.1) is 28.7 Å². The molecule has 0 unspecified atom stereocenters. The molecule has 3 aromatic rings. The normalized spacial score (nSPS) is 11.2. The van der Waals surface area contributed by atoms with Gasteiger partial charge in [-0.25, -0.2) is 0 Å². The number of amides is 2. The number of nitrogens with two attached hydrogens (primary N) is 1. The summed E-state index contributed by atoms with van der Waals surface area (Å²) >= 11 is 0. The molecule has 12 heteroatoms. The number of benzene rings is 1. The Labute approximate surface area is 229 Å². The van der Waals surface area contributed by atoms with E-state index in [-0.39, 0.29) is 61.2 Å². The average molecular weight is 556 g/mol. The van der Waals surface area contributed by atoms with E-state index in [0.29, 0.717) is 5.76 Å². The predicted molar refractivity (Wildman–Crippen MR) is 152 cm³/mol. The van der Waals surface area contributed by atoms with Crippen LogP contribution in [0.25, 0.3) is 0 Å². The second kappa shape index (κ2) is 12.8. The molecule has 210 valence electrons. The molecule has 0 fully saturated rings. The van der Waals surface area contributed by atoms with Crippen LogP contribution in [0, 0.1) is 6.92 Å². The van der Waals surface area contributed by atoms with Crippen molar-refractivity contribution < 1.29 is 28.2 Å². The number of hydrogen-bond acceptors (Lipinski definition) is 9. The van der Waals surface area contributed by atoms with Crippen LogP contribution < -0.4 is 35.3 Å². The molecule has 0 atom stereocenters. The number of nitrogens with zero attached hydrogens (tertiary/aromatic N) is 3. The Morgan fingerprint density at radius 3 is 2.31 bits per heavy atom. The fourth-order valence-electron chi connectivity index (χ4n) is 3.72. The van der Waals surface area contributed by atoms with E-state index in [2.05, 4.69) is 47.1 Å². The highest BCUT2D eigenvalue weighted by molar-refractivity contribution is 6.88. The molecule has 0 bridgehead atoms. The van der Waals surface area contributed by atoms with E-state index in [1.165, 1.54) is 24.3 Å². The van der Waals surface area contributed by atoms with Crippen LogP contribution in [0.2, 0.25) is 19.6 Å². The molecule has 0 aliphatic heterocycles.